The van der Waals surface area contributed by atoms with E-state index in [2.05, 4.69) is 50.2 Å². The first-order valence-corrected chi connectivity index (χ1v) is 11.9. The minimum atomic E-state index is 0. The third kappa shape index (κ3) is 13.9. The first-order valence-electron chi connectivity index (χ1n) is 11.9. The lowest BCUT2D eigenvalue weighted by atomic mass is 10.1. The Hall–Kier alpha value is -1.06. The molecule has 1 aliphatic rings. The summed E-state index contributed by atoms with van der Waals surface area (Å²) in [7, 11) is 0. The molecule has 0 atom stereocenters. The van der Waals surface area contributed by atoms with Gasteiger partial charge in [0.1, 0.15) is 0 Å². The topological polar surface area (TPSA) is 77.0 Å². The van der Waals surface area contributed by atoms with Gasteiger partial charge >= 0.3 is 0 Å². The average Bonchev–Trinajstić information content (AvgIpc) is 2.69. The minimum Gasteiger partial charge on any atom is -0.357 e. The van der Waals surface area contributed by atoms with Crippen molar-refractivity contribution < 1.29 is 9.59 Å². The molecule has 0 aliphatic carbocycles. The summed E-state index contributed by atoms with van der Waals surface area (Å²) in [6.07, 6.45) is 5.22. The molecule has 0 bridgehead atoms. The van der Waals surface area contributed by atoms with Crippen molar-refractivity contribution in [1.29, 1.82) is 0 Å². The molecule has 1 heterocycles. The van der Waals surface area contributed by atoms with E-state index in [0.717, 1.165) is 51.3 Å². The van der Waals surface area contributed by atoms with Gasteiger partial charge in [-0.3, -0.25) is 14.6 Å². The molecule has 0 radical (unpaired) electrons. The summed E-state index contributed by atoms with van der Waals surface area (Å²) in [5.41, 5.74) is 0. The number of carbonyl (C=O) groups excluding carboxylic acids is 2. The molecule has 0 aromatic rings. The summed E-state index contributed by atoms with van der Waals surface area (Å²) in [6, 6.07) is 0. The molecule has 1 aliphatic heterocycles. The molecule has 0 aromatic heterocycles. The van der Waals surface area contributed by atoms with Crippen molar-refractivity contribution in [1.82, 2.24) is 20.4 Å². The fourth-order valence-corrected chi connectivity index (χ4v) is 3.42. The Morgan fingerprint density at radius 3 is 2.03 bits per heavy atom. The van der Waals surface area contributed by atoms with Gasteiger partial charge in [0.05, 0.1) is 0 Å². The van der Waals surface area contributed by atoms with Crippen molar-refractivity contribution >= 4 is 41.8 Å². The van der Waals surface area contributed by atoms with Crippen LogP contribution in [0, 0.1) is 11.8 Å². The highest BCUT2D eigenvalue weighted by Gasteiger charge is 2.23. The fourth-order valence-electron chi connectivity index (χ4n) is 3.42. The largest absolute Gasteiger partial charge is 0.357 e. The van der Waals surface area contributed by atoms with E-state index < -0.39 is 0 Å². The van der Waals surface area contributed by atoms with E-state index in [1.54, 1.807) is 0 Å². The van der Waals surface area contributed by atoms with E-state index in [0.29, 0.717) is 50.9 Å². The van der Waals surface area contributed by atoms with Crippen LogP contribution in [0.25, 0.3) is 0 Å². The highest BCUT2D eigenvalue weighted by molar-refractivity contribution is 14.0. The van der Waals surface area contributed by atoms with Crippen LogP contribution in [-0.2, 0) is 9.59 Å². The van der Waals surface area contributed by atoms with Gasteiger partial charge in [0.15, 0.2) is 5.96 Å². The lowest BCUT2D eigenvalue weighted by Gasteiger charge is -2.35. The molecule has 182 valence electrons. The summed E-state index contributed by atoms with van der Waals surface area (Å²) >= 11 is 0. The maximum atomic E-state index is 12.4. The summed E-state index contributed by atoms with van der Waals surface area (Å²) in [4.78, 5) is 33.0. The van der Waals surface area contributed by atoms with Crippen LogP contribution in [-0.4, -0.2) is 73.4 Å². The van der Waals surface area contributed by atoms with Crippen LogP contribution >= 0.6 is 24.0 Å². The maximum absolute atomic E-state index is 12.4. The number of rotatable bonds is 12. The maximum Gasteiger partial charge on any atom is 0.222 e. The molecule has 8 heteroatoms. The number of aliphatic imine (C=N–C) groups is 1. The zero-order valence-corrected chi connectivity index (χ0v) is 22.7. The number of nitrogens with one attached hydrogen (secondary N) is 2. The molecule has 0 unspecified atom stereocenters. The normalized spacial score (nSPS) is 14.6. The Morgan fingerprint density at radius 2 is 1.48 bits per heavy atom. The highest BCUT2D eigenvalue weighted by Crippen LogP contribution is 2.10. The molecule has 7 nitrogen and oxygen atoms in total. The molecule has 2 N–H and O–H groups in total. The van der Waals surface area contributed by atoms with E-state index in [-0.39, 0.29) is 35.8 Å². The first kappa shape index (κ1) is 29.9. The monoisotopic (exact) mass is 551 g/mol. The van der Waals surface area contributed by atoms with Crippen LogP contribution in [0.5, 0.6) is 0 Å². The van der Waals surface area contributed by atoms with Gasteiger partial charge in [-0.25, -0.2) is 0 Å². The van der Waals surface area contributed by atoms with Crippen molar-refractivity contribution in [2.75, 3.05) is 45.8 Å². The van der Waals surface area contributed by atoms with Crippen LogP contribution in [0.3, 0.4) is 0 Å². The predicted molar refractivity (Wildman–Crippen MR) is 140 cm³/mol. The van der Waals surface area contributed by atoms with Crippen molar-refractivity contribution in [3.63, 3.8) is 0 Å². The first-order chi connectivity index (χ1) is 14.3. The minimum absolute atomic E-state index is 0. The van der Waals surface area contributed by atoms with E-state index in [9.17, 15) is 9.59 Å². The molecule has 1 rings (SSSR count). The van der Waals surface area contributed by atoms with Gasteiger partial charge < -0.3 is 20.4 Å². The Kier molecular flexibility index (Phi) is 16.9. The number of piperazine rings is 1. The molecule has 2 amide bonds. The van der Waals surface area contributed by atoms with Gasteiger partial charge in [-0.1, -0.05) is 34.1 Å². The van der Waals surface area contributed by atoms with E-state index in [4.69, 9.17) is 0 Å². The molecular formula is C23H46IN5O2. The van der Waals surface area contributed by atoms with Crippen LogP contribution in [0.15, 0.2) is 4.99 Å². The highest BCUT2D eigenvalue weighted by atomic mass is 127. The lowest BCUT2D eigenvalue weighted by Crippen LogP contribution is -2.50. The van der Waals surface area contributed by atoms with E-state index in [1.807, 2.05) is 9.80 Å². The summed E-state index contributed by atoms with van der Waals surface area (Å²) in [6.45, 7) is 15.9. The molecule has 0 aromatic carbocycles. The molecule has 31 heavy (non-hydrogen) atoms. The number of hydrogen-bond acceptors (Lipinski definition) is 3. The van der Waals surface area contributed by atoms with Gasteiger partial charge in [0.25, 0.3) is 0 Å². The van der Waals surface area contributed by atoms with Gasteiger partial charge in [0, 0.05) is 58.7 Å². The number of amides is 2. The van der Waals surface area contributed by atoms with Gasteiger partial charge in [-0.05, 0) is 38.0 Å². The van der Waals surface area contributed by atoms with Crippen LogP contribution in [0.4, 0.5) is 0 Å². The standard InChI is InChI=1S/C23H45N5O2.HI/c1-6-24-23(26-13-11-19(2)3)25-12-9-7-8-10-21(29)27-14-16-28(17-15-27)22(30)18-20(4)5;/h19-20H,6-18H2,1-5H3,(H2,24,25,26);1H. The van der Waals surface area contributed by atoms with Gasteiger partial charge in [0.2, 0.25) is 11.8 Å². The van der Waals surface area contributed by atoms with Crippen LogP contribution in [0.1, 0.15) is 73.1 Å². The van der Waals surface area contributed by atoms with Gasteiger partial charge in [-0.15, -0.1) is 24.0 Å². The van der Waals surface area contributed by atoms with Crippen molar-refractivity contribution in [3.05, 3.63) is 0 Å². The Morgan fingerprint density at radius 1 is 0.871 bits per heavy atom. The quantitative estimate of drug-likeness (QED) is 0.169. The second kappa shape index (κ2) is 17.5. The van der Waals surface area contributed by atoms with E-state index in [1.165, 1.54) is 0 Å². The second-order valence-corrected chi connectivity index (χ2v) is 9.04. The van der Waals surface area contributed by atoms with Gasteiger partial charge in [-0.2, -0.15) is 0 Å². The molecule has 1 saturated heterocycles. The zero-order valence-electron chi connectivity index (χ0n) is 20.4. The third-order valence-electron chi connectivity index (χ3n) is 5.24. The Labute approximate surface area is 207 Å². The van der Waals surface area contributed by atoms with Crippen molar-refractivity contribution in [2.45, 2.75) is 73.1 Å². The summed E-state index contributed by atoms with van der Waals surface area (Å²) < 4.78 is 0. The average molecular weight is 552 g/mol. The number of hydrogen-bond donors (Lipinski definition) is 2. The molecule has 0 spiro atoms. The SMILES string of the molecule is CCNC(=NCCCCCC(=O)N1CCN(C(=O)CC(C)C)CC1)NCCC(C)C.I. The number of guanidine groups is 1. The molecule has 1 fully saturated rings. The second-order valence-electron chi connectivity index (χ2n) is 9.04. The van der Waals surface area contributed by atoms with Crippen molar-refractivity contribution in [3.8, 4) is 0 Å². The summed E-state index contributed by atoms with van der Waals surface area (Å²) in [5, 5.41) is 6.66. The van der Waals surface area contributed by atoms with Crippen molar-refractivity contribution in [2.24, 2.45) is 16.8 Å². The van der Waals surface area contributed by atoms with Crippen LogP contribution in [0.2, 0.25) is 0 Å². The van der Waals surface area contributed by atoms with Crippen LogP contribution < -0.4 is 10.6 Å². The predicted octanol–water partition coefficient (Wildman–Crippen LogP) is 3.48. The fraction of sp³-hybridized carbons (Fsp3) is 0.870. The summed E-state index contributed by atoms with van der Waals surface area (Å²) in [5.74, 6) is 2.39. The Balaban J connectivity index is 0.00000900. The number of carbonyl (C=O) groups is 2. The number of nitrogens with zero attached hydrogens (tertiary/aromatic N) is 3. The third-order valence-corrected chi connectivity index (χ3v) is 5.24. The Bertz CT molecular complexity index is 532. The molecular weight excluding hydrogens is 505 g/mol. The number of halogens is 1. The van der Waals surface area contributed by atoms with E-state index >= 15 is 0 Å². The lowest BCUT2D eigenvalue weighted by molar-refractivity contribution is -0.140. The smallest absolute Gasteiger partial charge is 0.222 e. The number of unbranched alkanes of at least 4 members (excludes halogenated alkanes) is 2. The molecule has 0 saturated carbocycles. The zero-order chi connectivity index (χ0) is 22.4.